The average molecular weight is 284 g/mol. The van der Waals surface area contributed by atoms with Gasteiger partial charge in [-0.25, -0.2) is 0 Å². The molecule has 1 aromatic rings. The molecule has 3 heteroatoms. The molecular formula is C15H19Cl2N. The van der Waals surface area contributed by atoms with Crippen molar-refractivity contribution in [3.8, 4) is 0 Å². The third-order valence-corrected chi connectivity index (χ3v) is 5.50. The van der Waals surface area contributed by atoms with Crippen LogP contribution in [0.2, 0.25) is 5.02 Å². The lowest BCUT2D eigenvalue weighted by atomic mass is 9.57. The van der Waals surface area contributed by atoms with E-state index in [0.717, 1.165) is 23.0 Å². The molecule has 1 saturated carbocycles. The Hall–Kier alpha value is -0.240. The molecule has 1 nitrogen and oxygen atoms in total. The lowest BCUT2D eigenvalue weighted by Crippen LogP contribution is -2.42. The van der Waals surface area contributed by atoms with Crippen LogP contribution in [0.3, 0.4) is 0 Å². The summed E-state index contributed by atoms with van der Waals surface area (Å²) in [4.78, 5) is 0. The first-order valence-electron chi connectivity index (χ1n) is 6.82. The van der Waals surface area contributed by atoms with E-state index in [4.69, 9.17) is 23.2 Å². The SMILES string of the molecule is ClCc1ccc(C2(C3CCNC3)CCC2)cc1Cl. The highest BCUT2D eigenvalue weighted by molar-refractivity contribution is 6.32. The lowest BCUT2D eigenvalue weighted by Gasteiger charge is -2.47. The van der Waals surface area contributed by atoms with Crippen LogP contribution in [0.5, 0.6) is 0 Å². The minimum absolute atomic E-state index is 0.387. The Kier molecular flexibility index (Phi) is 3.57. The van der Waals surface area contributed by atoms with Gasteiger partial charge in [0.25, 0.3) is 0 Å². The van der Waals surface area contributed by atoms with Gasteiger partial charge in [-0.2, -0.15) is 0 Å². The van der Waals surface area contributed by atoms with E-state index in [1.807, 2.05) is 0 Å². The van der Waals surface area contributed by atoms with Crippen molar-refractivity contribution in [2.24, 2.45) is 5.92 Å². The van der Waals surface area contributed by atoms with Gasteiger partial charge < -0.3 is 5.32 Å². The minimum atomic E-state index is 0.387. The van der Waals surface area contributed by atoms with Gasteiger partial charge in [-0.3, -0.25) is 0 Å². The van der Waals surface area contributed by atoms with Gasteiger partial charge in [0.05, 0.1) is 0 Å². The summed E-state index contributed by atoms with van der Waals surface area (Å²) in [6.07, 6.45) is 5.28. The molecule has 0 aromatic heterocycles. The molecule has 1 heterocycles. The molecule has 1 saturated heterocycles. The Bertz CT molecular complexity index is 434. The Morgan fingerprint density at radius 1 is 1.33 bits per heavy atom. The monoisotopic (exact) mass is 283 g/mol. The van der Waals surface area contributed by atoms with Crippen molar-refractivity contribution in [1.82, 2.24) is 5.32 Å². The van der Waals surface area contributed by atoms with Crippen LogP contribution in [-0.4, -0.2) is 13.1 Å². The van der Waals surface area contributed by atoms with Crippen molar-refractivity contribution in [2.75, 3.05) is 13.1 Å². The fraction of sp³-hybridized carbons (Fsp3) is 0.600. The highest BCUT2D eigenvalue weighted by Crippen LogP contribution is 2.51. The third kappa shape index (κ3) is 1.97. The summed E-state index contributed by atoms with van der Waals surface area (Å²) >= 11 is 12.2. The maximum atomic E-state index is 6.32. The van der Waals surface area contributed by atoms with Gasteiger partial charge in [0.15, 0.2) is 0 Å². The summed E-state index contributed by atoms with van der Waals surface area (Å²) in [6, 6.07) is 6.52. The maximum Gasteiger partial charge on any atom is 0.0488 e. The number of hydrogen-bond donors (Lipinski definition) is 1. The second-order valence-electron chi connectivity index (χ2n) is 5.64. The van der Waals surface area contributed by atoms with Crippen molar-refractivity contribution >= 4 is 23.2 Å². The van der Waals surface area contributed by atoms with Crippen LogP contribution in [0.4, 0.5) is 0 Å². The van der Waals surface area contributed by atoms with Crippen LogP contribution < -0.4 is 5.32 Å². The molecule has 1 atom stereocenters. The smallest absolute Gasteiger partial charge is 0.0488 e. The minimum Gasteiger partial charge on any atom is -0.316 e. The van der Waals surface area contributed by atoms with Crippen LogP contribution in [0.15, 0.2) is 18.2 Å². The van der Waals surface area contributed by atoms with E-state index >= 15 is 0 Å². The summed E-state index contributed by atoms with van der Waals surface area (Å²) in [7, 11) is 0. The summed E-state index contributed by atoms with van der Waals surface area (Å²) in [6.45, 7) is 2.33. The van der Waals surface area contributed by atoms with Crippen LogP contribution in [0.25, 0.3) is 0 Å². The third-order valence-electron chi connectivity index (χ3n) is 4.86. The molecule has 18 heavy (non-hydrogen) atoms. The highest BCUT2D eigenvalue weighted by atomic mass is 35.5. The van der Waals surface area contributed by atoms with Crippen LogP contribution in [0, 0.1) is 5.92 Å². The Balaban J connectivity index is 1.93. The van der Waals surface area contributed by atoms with E-state index < -0.39 is 0 Å². The van der Waals surface area contributed by atoms with Crippen molar-refractivity contribution in [2.45, 2.75) is 37.0 Å². The predicted octanol–water partition coefficient (Wildman–Crippen LogP) is 4.11. The number of benzene rings is 1. The fourth-order valence-corrected chi connectivity index (χ4v) is 4.13. The summed E-state index contributed by atoms with van der Waals surface area (Å²) in [5, 5.41) is 4.33. The van der Waals surface area contributed by atoms with Gasteiger partial charge in [-0.05, 0) is 60.9 Å². The number of hydrogen-bond acceptors (Lipinski definition) is 1. The van der Waals surface area contributed by atoms with E-state index in [2.05, 4.69) is 23.5 Å². The van der Waals surface area contributed by atoms with Gasteiger partial charge in [0, 0.05) is 10.9 Å². The van der Waals surface area contributed by atoms with Crippen molar-refractivity contribution in [3.63, 3.8) is 0 Å². The summed E-state index contributed by atoms with van der Waals surface area (Å²) in [5.74, 6) is 1.28. The largest absolute Gasteiger partial charge is 0.316 e. The highest BCUT2D eigenvalue weighted by Gasteiger charge is 2.46. The molecule has 0 amide bonds. The van der Waals surface area contributed by atoms with Gasteiger partial charge in [0.1, 0.15) is 0 Å². The molecule has 1 N–H and O–H groups in total. The fourth-order valence-electron chi connectivity index (χ4n) is 3.58. The molecule has 1 aromatic carbocycles. The predicted molar refractivity (Wildman–Crippen MR) is 77.5 cm³/mol. The summed E-state index contributed by atoms with van der Waals surface area (Å²) in [5.41, 5.74) is 2.86. The molecular weight excluding hydrogens is 265 g/mol. The van der Waals surface area contributed by atoms with E-state index in [9.17, 15) is 0 Å². The molecule has 1 aliphatic carbocycles. The van der Waals surface area contributed by atoms with E-state index in [1.165, 1.54) is 37.8 Å². The zero-order valence-corrected chi connectivity index (χ0v) is 12.0. The molecule has 1 unspecified atom stereocenters. The first kappa shape index (κ1) is 12.8. The number of nitrogens with one attached hydrogen (secondary N) is 1. The van der Waals surface area contributed by atoms with Gasteiger partial charge in [-0.1, -0.05) is 30.2 Å². The van der Waals surface area contributed by atoms with E-state index in [0.29, 0.717) is 11.3 Å². The lowest BCUT2D eigenvalue weighted by molar-refractivity contribution is 0.157. The average Bonchev–Trinajstić information content (AvgIpc) is 2.82. The summed E-state index contributed by atoms with van der Waals surface area (Å²) < 4.78 is 0. The Morgan fingerprint density at radius 3 is 2.67 bits per heavy atom. The van der Waals surface area contributed by atoms with Gasteiger partial charge >= 0.3 is 0 Å². The van der Waals surface area contributed by atoms with Crippen molar-refractivity contribution < 1.29 is 0 Å². The maximum absolute atomic E-state index is 6.32. The number of alkyl halides is 1. The quantitative estimate of drug-likeness (QED) is 0.824. The number of halogens is 2. The standard InChI is InChI=1S/C15H19Cl2N/c16-9-11-2-3-12(8-14(11)17)15(5-1-6-15)13-4-7-18-10-13/h2-3,8,13,18H,1,4-7,9-10H2. The molecule has 1 aliphatic heterocycles. The molecule has 0 spiro atoms. The normalized spacial score (nSPS) is 26.0. The molecule has 0 radical (unpaired) electrons. The van der Waals surface area contributed by atoms with E-state index in [1.54, 1.807) is 0 Å². The molecule has 3 rings (SSSR count). The van der Waals surface area contributed by atoms with Gasteiger partial charge in [-0.15, -0.1) is 11.6 Å². The Labute approximate surface area is 119 Å². The first-order valence-corrected chi connectivity index (χ1v) is 7.73. The second kappa shape index (κ2) is 5.03. The van der Waals surface area contributed by atoms with E-state index in [-0.39, 0.29) is 0 Å². The van der Waals surface area contributed by atoms with Crippen LogP contribution in [0.1, 0.15) is 36.8 Å². The van der Waals surface area contributed by atoms with Gasteiger partial charge in [0.2, 0.25) is 0 Å². The zero-order valence-electron chi connectivity index (χ0n) is 10.5. The first-order chi connectivity index (χ1) is 8.76. The molecule has 2 fully saturated rings. The molecule has 0 bridgehead atoms. The molecule has 98 valence electrons. The second-order valence-corrected chi connectivity index (χ2v) is 6.31. The molecule has 2 aliphatic rings. The topological polar surface area (TPSA) is 12.0 Å². The zero-order chi connectivity index (χ0) is 12.6. The van der Waals surface area contributed by atoms with Crippen molar-refractivity contribution in [1.29, 1.82) is 0 Å². The Morgan fingerprint density at radius 2 is 2.17 bits per heavy atom. The van der Waals surface area contributed by atoms with Crippen LogP contribution in [-0.2, 0) is 11.3 Å². The van der Waals surface area contributed by atoms with Crippen molar-refractivity contribution in [3.05, 3.63) is 34.3 Å². The number of rotatable bonds is 3. The van der Waals surface area contributed by atoms with Crippen LogP contribution >= 0.6 is 23.2 Å².